The molecule has 0 fully saturated rings. The SMILES string of the molecule is CP(=O)(CCC=NCc1ccccc1)OCc1ccccc1. The van der Waals surface area contributed by atoms with Crippen LogP contribution in [0.4, 0.5) is 0 Å². The lowest BCUT2D eigenvalue weighted by molar-refractivity contribution is 0.307. The lowest BCUT2D eigenvalue weighted by Gasteiger charge is -2.12. The van der Waals surface area contributed by atoms with E-state index in [1.54, 1.807) is 6.66 Å². The van der Waals surface area contributed by atoms with Crippen molar-refractivity contribution >= 4 is 13.6 Å². The highest BCUT2D eigenvalue weighted by Crippen LogP contribution is 2.43. The Kier molecular flexibility index (Phi) is 6.57. The average Bonchev–Trinajstić information content (AvgIpc) is 2.55. The highest BCUT2D eigenvalue weighted by Gasteiger charge is 2.14. The number of nitrogens with zero attached hydrogens (tertiary/aromatic N) is 1. The van der Waals surface area contributed by atoms with E-state index >= 15 is 0 Å². The van der Waals surface area contributed by atoms with Gasteiger partial charge in [-0.3, -0.25) is 9.56 Å². The maximum Gasteiger partial charge on any atom is 0.200 e. The molecule has 0 aliphatic rings. The Hall–Kier alpha value is -1.70. The quantitative estimate of drug-likeness (QED) is 0.520. The third-order valence-corrected chi connectivity index (χ3v) is 5.00. The van der Waals surface area contributed by atoms with Gasteiger partial charge >= 0.3 is 0 Å². The summed E-state index contributed by atoms with van der Waals surface area (Å²) < 4.78 is 17.9. The van der Waals surface area contributed by atoms with Crippen molar-refractivity contribution in [3.8, 4) is 0 Å². The van der Waals surface area contributed by atoms with Gasteiger partial charge in [0.25, 0.3) is 0 Å². The molecule has 0 radical (unpaired) electrons. The minimum atomic E-state index is -2.56. The number of aliphatic imine (C=N–C) groups is 1. The van der Waals surface area contributed by atoms with Crippen LogP contribution in [0.2, 0.25) is 0 Å². The van der Waals surface area contributed by atoms with Crippen molar-refractivity contribution in [2.75, 3.05) is 12.8 Å². The molecule has 2 rings (SSSR count). The van der Waals surface area contributed by atoms with E-state index in [0.29, 0.717) is 25.7 Å². The molecule has 0 spiro atoms. The number of rotatable bonds is 8. The smallest absolute Gasteiger partial charge is 0.200 e. The highest BCUT2D eigenvalue weighted by atomic mass is 31.2. The van der Waals surface area contributed by atoms with Crippen LogP contribution < -0.4 is 0 Å². The molecule has 1 atom stereocenters. The van der Waals surface area contributed by atoms with Crippen molar-refractivity contribution in [1.29, 1.82) is 0 Å². The van der Waals surface area contributed by atoms with Crippen molar-refractivity contribution in [1.82, 2.24) is 0 Å². The van der Waals surface area contributed by atoms with Gasteiger partial charge in [0, 0.05) is 12.8 Å². The van der Waals surface area contributed by atoms with Gasteiger partial charge in [0.1, 0.15) is 0 Å². The Bertz CT molecular complexity index is 626. The first kappa shape index (κ1) is 16.7. The molecular formula is C18H22NO2P. The standard InChI is InChI=1S/C18H22NO2P/c1-22(20,21-16-18-11-6-3-7-12-18)14-8-13-19-15-17-9-4-2-5-10-17/h2-7,9-13H,8,14-16H2,1H3. The fourth-order valence-electron chi connectivity index (χ4n) is 1.99. The Balaban J connectivity index is 1.69. The molecule has 0 aromatic heterocycles. The van der Waals surface area contributed by atoms with Crippen LogP contribution >= 0.6 is 7.37 Å². The first-order chi connectivity index (χ1) is 10.7. The third kappa shape index (κ3) is 6.38. The van der Waals surface area contributed by atoms with Crippen LogP contribution in [-0.2, 0) is 22.2 Å². The summed E-state index contributed by atoms with van der Waals surface area (Å²) in [5.41, 5.74) is 2.22. The summed E-state index contributed by atoms with van der Waals surface area (Å²) in [7, 11) is -2.56. The molecule has 2 aromatic rings. The molecule has 3 nitrogen and oxygen atoms in total. The van der Waals surface area contributed by atoms with Gasteiger partial charge in [-0.25, -0.2) is 0 Å². The molecule has 0 heterocycles. The zero-order valence-electron chi connectivity index (χ0n) is 12.9. The van der Waals surface area contributed by atoms with Crippen LogP contribution in [0.25, 0.3) is 0 Å². The van der Waals surface area contributed by atoms with Crippen molar-refractivity contribution in [3.63, 3.8) is 0 Å². The second-order valence-electron chi connectivity index (χ2n) is 5.29. The topological polar surface area (TPSA) is 38.7 Å². The predicted octanol–water partition coefficient (Wildman–Crippen LogP) is 4.77. The Morgan fingerprint density at radius 3 is 2.23 bits per heavy atom. The van der Waals surface area contributed by atoms with Crippen LogP contribution in [-0.4, -0.2) is 19.0 Å². The Labute approximate surface area is 132 Å². The molecule has 1 unspecified atom stereocenters. The summed E-state index contributed by atoms with van der Waals surface area (Å²) in [6, 6.07) is 19.9. The monoisotopic (exact) mass is 315 g/mol. The minimum absolute atomic E-state index is 0.399. The summed E-state index contributed by atoms with van der Waals surface area (Å²) in [6.45, 7) is 2.76. The lowest BCUT2D eigenvalue weighted by Crippen LogP contribution is -1.96. The molecule has 2 aromatic carbocycles. The Morgan fingerprint density at radius 1 is 1.00 bits per heavy atom. The van der Waals surface area contributed by atoms with Crippen molar-refractivity contribution in [2.24, 2.45) is 4.99 Å². The zero-order chi connectivity index (χ0) is 15.7. The van der Waals surface area contributed by atoms with E-state index < -0.39 is 7.37 Å². The van der Waals surface area contributed by atoms with Gasteiger partial charge in [0.15, 0.2) is 0 Å². The van der Waals surface area contributed by atoms with Crippen LogP contribution in [0.15, 0.2) is 65.7 Å². The fraction of sp³-hybridized carbons (Fsp3) is 0.278. The molecule has 116 valence electrons. The second kappa shape index (κ2) is 8.67. The third-order valence-electron chi connectivity index (χ3n) is 3.26. The Morgan fingerprint density at radius 2 is 1.59 bits per heavy atom. The molecule has 0 bridgehead atoms. The zero-order valence-corrected chi connectivity index (χ0v) is 13.8. The minimum Gasteiger partial charge on any atom is -0.324 e. The van der Waals surface area contributed by atoms with E-state index in [1.165, 1.54) is 5.56 Å². The first-order valence-corrected chi connectivity index (χ1v) is 9.69. The van der Waals surface area contributed by atoms with Gasteiger partial charge in [0.05, 0.1) is 13.2 Å². The summed E-state index contributed by atoms with van der Waals surface area (Å²) in [6.07, 6.45) is 3.04. The van der Waals surface area contributed by atoms with Crippen LogP contribution in [0.3, 0.4) is 0 Å². The molecule has 0 amide bonds. The van der Waals surface area contributed by atoms with Gasteiger partial charge in [-0.1, -0.05) is 60.7 Å². The van der Waals surface area contributed by atoms with Gasteiger partial charge in [0.2, 0.25) is 7.37 Å². The van der Waals surface area contributed by atoms with Crippen LogP contribution in [0, 0.1) is 0 Å². The summed E-state index contributed by atoms with van der Waals surface area (Å²) in [5.74, 6) is 0. The molecule has 0 aliphatic heterocycles. The fourth-order valence-corrected chi connectivity index (χ4v) is 3.12. The molecule has 4 heteroatoms. The number of hydrogen-bond acceptors (Lipinski definition) is 3. The summed E-state index contributed by atoms with van der Waals surface area (Å²) in [5, 5.41) is 0. The first-order valence-electron chi connectivity index (χ1n) is 7.43. The number of benzene rings is 2. The van der Waals surface area contributed by atoms with Gasteiger partial charge in [-0.05, 0) is 23.8 Å². The van der Waals surface area contributed by atoms with Crippen molar-refractivity contribution in [3.05, 3.63) is 71.8 Å². The van der Waals surface area contributed by atoms with Gasteiger partial charge in [-0.15, -0.1) is 0 Å². The van der Waals surface area contributed by atoms with E-state index in [0.717, 1.165) is 5.56 Å². The maximum absolute atomic E-state index is 12.3. The van der Waals surface area contributed by atoms with Gasteiger partial charge < -0.3 is 4.52 Å². The number of hydrogen-bond donors (Lipinski definition) is 0. The van der Waals surface area contributed by atoms with Gasteiger partial charge in [-0.2, -0.15) is 0 Å². The molecule has 0 aliphatic carbocycles. The van der Waals surface area contributed by atoms with E-state index in [2.05, 4.69) is 4.99 Å². The van der Waals surface area contributed by atoms with E-state index in [9.17, 15) is 4.57 Å². The molecular weight excluding hydrogens is 293 g/mol. The molecule has 22 heavy (non-hydrogen) atoms. The van der Waals surface area contributed by atoms with Crippen LogP contribution in [0.5, 0.6) is 0 Å². The lowest BCUT2D eigenvalue weighted by atomic mass is 10.2. The molecule has 0 saturated heterocycles. The maximum atomic E-state index is 12.3. The predicted molar refractivity (Wildman–Crippen MR) is 92.9 cm³/mol. The highest BCUT2D eigenvalue weighted by molar-refractivity contribution is 7.58. The van der Waals surface area contributed by atoms with E-state index in [1.807, 2.05) is 66.9 Å². The average molecular weight is 315 g/mol. The van der Waals surface area contributed by atoms with Crippen molar-refractivity contribution < 1.29 is 9.09 Å². The molecule has 0 saturated carbocycles. The largest absolute Gasteiger partial charge is 0.324 e. The van der Waals surface area contributed by atoms with Crippen LogP contribution in [0.1, 0.15) is 17.5 Å². The molecule has 0 N–H and O–H groups in total. The van der Waals surface area contributed by atoms with E-state index in [4.69, 9.17) is 4.52 Å². The van der Waals surface area contributed by atoms with E-state index in [-0.39, 0.29) is 0 Å². The normalized spacial score (nSPS) is 14.0. The summed E-state index contributed by atoms with van der Waals surface area (Å²) >= 11 is 0. The van der Waals surface area contributed by atoms with Crippen molar-refractivity contribution in [2.45, 2.75) is 19.6 Å². The summed E-state index contributed by atoms with van der Waals surface area (Å²) in [4.78, 5) is 4.36. The second-order valence-corrected chi connectivity index (χ2v) is 8.03.